The van der Waals surface area contributed by atoms with Crippen LogP contribution in [0.2, 0.25) is 0 Å². The van der Waals surface area contributed by atoms with Crippen LogP contribution in [-0.4, -0.2) is 18.9 Å². The minimum absolute atomic E-state index is 0.151. The summed E-state index contributed by atoms with van der Waals surface area (Å²) in [6.45, 7) is 5.16. The fraction of sp³-hybridized carbons (Fsp3) is 0.385. The maximum Gasteiger partial charge on any atom is 0.302 e. The van der Waals surface area contributed by atoms with Crippen molar-refractivity contribution < 1.29 is 19.1 Å². The predicted octanol–water partition coefficient (Wildman–Crippen LogP) is 2.13. The van der Waals surface area contributed by atoms with Crippen LogP contribution in [0.25, 0.3) is 0 Å². The zero-order chi connectivity index (χ0) is 12.8. The van der Waals surface area contributed by atoms with Crippen LogP contribution in [0.4, 0.5) is 0 Å². The summed E-state index contributed by atoms with van der Waals surface area (Å²) in [6.07, 6.45) is 5.81. The molecule has 0 amide bonds. The Kier molecular flexibility index (Phi) is 4.69. The van der Waals surface area contributed by atoms with Crippen LogP contribution in [0.3, 0.4) is 0 Å². The quantitative estimate of drug-likeness (QED) is 0.554. The zero-order valence-corrected chi connectivity index (χ0v) is 10.2. The third-order valence-electron chi connectivity index (χ3n) is 2.48. The van der Waals surface area contributed by atoms with E-state index in [9.17, 15) is 9.59 Å². The van der Waals surface area contributed by atoms with Crippen LogP contribution < -0.4 is 0 Å². The van der Waals surface area contributed by atoms with E-state index in [1.165, 1.54) is 13.2 Å². The van der Waals surface area contributed by atoms with Gasteiger partial charge in [0.2, 0.25) is 0 Å². The van der Waals surface area contributed by atoms with Crippen molar-refractivity contribution in [1.82, 2.24) is 0 Å². The fourth-order valence-electron chi connectivity index (χ4n) is 1.57. The lowest BCUT2D eigenvalue weighted by molar-refractivity contribution is -0.139. The topological polar surface area (TPSA) is 52.6 Å². The van der Waals surface area contributed by atoms with Crippen LogP contribution in [0.1, 0.15) is 20.8 Å². The maximum atomic E-state index is 10.8. The first-order chi connectivity index (χ1) is 8.10. The largest absolute Gasteiger partial charge is 0.472 e. The highest BCUT2D eigenvalue weighted by Crippen LogP contribution is 2.29. The molecule has 0 aromatic rings. The Morgan fingerprint density at radius 1 is 1.53 bits per heavy atom. The Balaban J connectivity index is 2.85. The van der Waals surface area contributed by atoms with Gasteiger partial charge in [-0.05, 0) is 12.5 Å². The van der Waals surface area contributed by atoms with Gasteiger partial charge in [0, 0.05) is 24.0 Å². The smallest absolute Gasteiger partial charge is 0.302 e. The van der Waals surface area contributed by atoms with Crippen molar-refractivity contribution in [1.29, 1.82) is 0 Å². The number of hydrogen-bond donors (Lipinski definition) is 0. The summed E-state index contributed by atoms with van der Waals surface area (Å²) in [4.78, 5) is 21.6. The Morgan fingerprint density at radius 3 is 2.76 bits per heavy atom. The van der Waals surface area contributed by atoms with Gasteiger partial charge in [-0.1, -0.05) is 13.0 Å². The molecule has 0 aromatic carbocycles. The molecule has 1 rings (SSSR count). The first-order valence-corrected chi connectivity index (χ1v) is 5.40. The van der Waals surface area contributed by atoms with E-state index >= 15 is 0 Å². The molecule has 4 heteroatoms. The molecule has 0 N–H and O–H groups in total. The second kappa shape index (κ2) is 6.03. The minimum atomic E-state index is -0.346. The van der Waals surface area contributed by atoms with Gasteiger partial charge in [-0.3, -0.25) is 4.79 Å². The van der Waals surface area contributed by atoms with Crippen LogP contribution in [-0.2, 0) is 19.1 Å². The highest BCUT2D eigenvalue weighted by molar-refractivity contribution is 5.67. The Hall–Kier alpha value is -1.84. The van der Waals surface area contributed by atoms with E-state index in [2.05, 4.69) is 0 Å². The highest BCUT2D eigenvalue weighted by Gasteiger charge is 2.20. The van der Waals surface area contributed by atoms with E-state index < -0.39 is 0 Å². The average Bonchev–Trinajstić information content (AvgIpc) is 2.34. The van der Waals surface area contributed by atoms with Crippen molar-refractivity contribution in [3.05, 3.63) is 35.3 Å². The predicted molar refractivity (Wildman–Crippen MR) is 62.9 cm³/mol. The van der Waals surface area contributed by atoms with E-state index in [1.54, 1.807) is 13.2 Å². The average molecular weight is 236 g/mol. The molecule has 1 heterocycles. The summed E-state index contributed by atoms with van der Waals surface area (Å²) < 4.78 is 10.1. The van der Waals surface area contributed by atoms with Crippen LogP contribution in [0.15, 0.2) is 35.3 Å². The lowest BCUT2D eigenvalue weighted by Crippen LogP contribution is -2.13. The van der Waals surface area contributed by atoms with Crippen molar-refractivity contribution in [2.75, 3.05) is 6.61 Å². The summed E-state index contributed by atoms with van der Waals surface area (Å²) in [6, 6.07) is 0. The number of esters is 1. The minimum Gasteiger partial charge on any atom is -0.472 e. The molecule has 92 valence electrons. The molecular weight excluding hydrogens is 220 g/mol. The van der Waals surface area contributed by atoms with Crippen molar-refractivity contribution >= 4 is 12.3 Å². The normalized spacial score (nSPS) is 18.9. The second-order valence-corrected chi connectivity index (χ2v) is 3.76. The Labute approximate surface area is 101 Å². The van der Waals surface area contributed by atoms with Gasteiger partial charge < -0.3 is 14.3 Å². The van der Waals surface area contributed by atoms with E-state index in [4.69, 9.17) is 9.47 Å². The van der Waals surface area contributed by atoms with Gasteiger partial charge in [0.1, 0.15) is 12.9 Å². The molecule has 0 saturated heterocycles. The lowest BCUT2D eigenvalue weighted by atomic mass is 9.90. The van der Waals surface area contributed by atoms with Gasteiger partial charge in [0.15, 0.2) is 0 Å². The molecule has 1 atom stereocenters. The van der Waals surface area contributed by atoms with Gasteiger partial charge in [-0.15, -0.1) is 0 Å². The van der Waals surface area contributed by atoms with Gasteiger partial charge in [-0.25, -0.2) is 0 Å². The number of allylic oxidation sites excluding steroid dienone is 2. The van der Waals surface area contributed by atoms with Crippen LogP contribution in [0, 0.1) is 5.92 Å². The number of carbonyl (C=O) groups is 2. The van der Waals surface area contributed by atoms with Crippen molar-refractivity contribution in [2.24, 2.45) is 5.92 Å². The summed E-state index contributed by atoms with van der Waals surface area (Å²) >= 11 is 0. The van der Waals surface area contributed by atoms with Crippen LogP contribution >= 0.6 is 0 Å². The number of ether oxygens (including phenoxy) is 2. The third-order valence-corrected chi connectivity index (χ3v) is 2.48. The molecule has 1 aliphatic rings. The lowest BCUT2D eigenvalue weighted by Gasteiger charge is -2.20. The summed E-state index contributed by atoms with van der Waals surface area (Å²) in [7, 11) is 0. The van der Waals surface area contributed by atoms with Crippen molar-refractivity contribution in [3.8, 4) is 0 Å². The molecule has 0 aliphatic carbocycles. The van der Waals surface area contributed by atoms with Crippen molar-refractivity contribution in [2.45, 2.75) is 20.8 Å². The van der Waals surface area contributed by atoms with Gasteiger partial charge in [-0.2, -0.15) is 0 Å². The first-order valence-electron chi connectivity index (χ1n) is 5.40. The van der Waals surface area contributed by atoms with Crippen LogP contribution in [0.5, 0.6) is 0 Å². The van der Waals surface area contributed by atoms with Gasteiger partial charge in [0.05, 0.1) is 12.5 Å². The summed E-state index contributed by atoms with van der Waals surface area (Å²) in [5.74, 6) is -0.594. The first kappa shape index (κ1) is 13.2. The molecular formula is C13H16O4. The number of aldehydes is 1. The molecule has 0 radical (unpaired) electrons. The standard InChI is InChI=1S/C13H16O4/c1-4-12-11(7-17-10(3)15)6-16-8-13(12)9(2)5-14/h4-6,8-9H,7H2,1-3H3/b12-4-. The van der Waals surface area contributed by atoms with Gasteiger partial charge >= 0.3 is 5.97 Å². The molecule has 0 bridgehead atoms. The SMILES string of the molecule is C/C=C1/C(COC(C)=O)=COC=C1C(C)C=O. The van der Waals surface area contributed by atoms with E-state index in [1.807, 2.05) is 13.0 Å². The fourth-order valence-corrected chi connectivity index (χ4v) is 1.57. The molecule has 0 fully saturated rings. The molecule has 0 spiro atoms. The number of hydrogen-bond acceptors (Lipinski definition) is 4. The second-order valence-electron chi connectivity index (χ2n) is 3.76. The van der Waals surface area contributed by atoms with E-state index in [0.29, 0.717) is 0 Å². The van der Waals surface area contributed by atoms with E-state index in [0.717, 1.165) is 23.0 Å². The molecule has 0 aromatic heterocycles. The Bertz CT molecular complexity index is 402. The zero-order valence-electron chi connectivity index (χ0n) is 10.2. The molecule has 0 saturated carbocycles. The monoisotopic (exact) mass is 236 g/mol. The number of carbonyl (C=O) groups excluding carboxylic acids is 2. The van der Waals surface area contributed by atoms with Crippen molar-refractivity contribution in [3.63, 3.8) is 0 Å². The third kappa shape index (κ3) is 3.31. The Morgan fingerprint density at radius 2 is 2.24 bits per heavy atom. The molecule has 1 aliphatic heterocycles. The van der Waals surface area contributed by atoms with E-state index in [-0.39, 0.29) is 18.5 Å². The number of rotatable bonds is 4. The molecule has 17 heavy (non-hydrogen) atoms. The highest BCUT2D eigenvalue weighted by atomic mass is 16.5. The summed E-state index contributed by atoms with van der Waals surface area (Å²) in [5.41, 5.74) is 2.44. The maximum absolute atomic E-state index is 10.8. The molecule has 1 unspecified atom stereocenters. The van der Waals surface area contributed by atoms with Gasteiger partial charge in [0.25, 0.3) is 0 Å². The summed E-state index contributed by atoms with van der Waals surface area (Å²) in [5, 5.41) is 0. The molecule has 4 nitrogen and oxygen atoms in total.